The van der Waals surface area contributed by atoms with Gasteiger partial charge in [0.2, 0.25) is 5.79 Å². The maximum absolute atomic E-state index is 7.02. The number of hydrogen-bond donors (Lipinski definition) is 0. The Morgan fingerprint density at radius 1 is 0.840 bits per heavy atom. The molecule has 2 aromatic rings. The highest BCUT2D eigenvalue weighted by molar-refractivity contribution is 5.79. The van der Waals surface area contributed by atoms with Crippen LogP contribution in [0.4, 0.5) is 0 Å². The highest BCUT2D eigenvalue weighted by Gasteiger charge is 2.71. The molecule has 1 heterocycles. The number of hydrogen-bond acceptors (Lipinski definition) is 2. The molecule has 2 heteroatoms. The Kier molecular flexibility index (Phi) is 2.43. The molecule has 0 aromatic heterocycles. The lowest BCUT2D eigenvalue weighted by molar-refractivity contribution is -0.221. The lowest BCUT2D eigenvalue weighted by Gasteiger charge is -2.63. The monoisotopic (exact) mass is 332 g/mol. The Morgan fingerprint density at radius 3 is 2.04 bits per heavy atom. The van der Waals surface area contributed by atoms with E-state index in [-0.39, 0.29) is 11.7 Å². The Bertz CT molecular complexity index is 853. The molecule has 4 atom stereocenters. The minimum absolute atomic E-state index is 0.184. The first-order valence-electron chi connectivity index (χ1n) is 9.54. The van der Waals surface area contributed by atoms with Crippen LogP contribution in [0.5, 0.6) is 0 Å². The van der Waals surface area contributed by atoms with Crippen LogP contribution in [0.3, 0.4) is 0 Å². The zero-order valence-corrected chi connectivity index (χ0v) is 15.1. The molecule has 1 saturated heterocycles. The third-order valence-electron chi connectivity index (χ3n) is 7.83. The predicted octanol–water partition coefficient (Wildman–Crippen LogP) is 5.11. The summed E-state index contributed by atoms with van der Waals surface area (Å²) < 4.78 is 13.9. The zero-order chi connectivity index (χ0) is 17.0. The van der Waals surface area contributed by atoms with Gasteiger partial charge in [-0.3, -0.25) is 0 Å². The largest absolute Gasteiger partial charge is 0.336 e. The average molecular weight is 332 g/mol. The predicted molar refractivity (Wildman–Crippen MR) is 97.0 cm³/mol. The van der Waals surface area contributed by atoms with Crippen molar-refractivity contribution in [1.29, 1.82) is 0 Å². The van der Waals surface area contributed by atoms with E-state index in [1.54, 1.807) is 0 Å². The van der Waals surface area contributed by atoms with E-state index >= 15 is 0 Å². The van der Waals surface area contributed by atoms with Gasteiger partial charge in [0.05, 0.1) is 11.7 Å². The van der Waals surface area contributed by atoms with E-state index in [0.29, 0.717) is 11.3 Å². The van der Waals surface area contributed by atoms with Gasteiger partial charge < -0.3 is 9.47 Å². The molecular weight excluding hydrogens is 308 g/mol. The van der Waals surface area contributed by atoms with Crippen LogP contribution >= 0.6 is 0 Å². The molecule has 0 radical (unpaired) electrons. The van der Waals surface area contributed by atoms with Crippen molar-refractivity contribution in [3.05, 3.63) is 59.7 Å². The fourth-order valence-electron chi connectivity index (χ4n) is 6.33. The lowest BCUT2D eigenvalue weighted by atomic mass is 9.43. The third-order valence-corrected chi connectivity index (χ3v) is 7.83. The Labute approximate surface area is 149 Å². The molecule has 2 nitrogen and oxygen atoms in total. The van der Waals surface area contributed by atoms with Crippen molar-refractivity contribution in [2.75, 3.05) is 0 Å². The normalized spacial score (nSPS) is 38.0. The molecule has 1 aliphatic heterocycles. The molecule has 4 fully saturated rings. The summed E-state index contributed by atoms with van der Waals surface area (Å²) in [4.78, 5) is 0. The minimum atomic E-state index is -0.722. The van der Waals surface area contributed by atoms with Crippen molar-refractivity contribution in [1.82, 2.24) is 0 Å². The smallest absolute Gasteiger partial charge is 0.224 e. The summed E-state index contributed by atoms with van der Waals surface area (Å²) in [5.41, 5.74) is 5.03. The summed E-state index contributed by atoms with van der Waals surface area (Å²) >= 11 is 0. The van der Waals surface area contributed by atoms with E-state index in [1.165, 1.54) is 28.7 Å². The zero-order valence-electron chi connectivity index (χ0n) is 15.1. The molecule has 1 spiro atoms. The summed E-state index contributed by atoms with van der Waals surface area (Å²) in [5, 5.41) is 0. The van der Waals surface area contributed by atoms with Gasteiger partial charge in [-0.2, -0.15) is 0 Å². The molecule has 7 rings (SSSR count). The molecule has 0 unspecified atom stereocenters. The van der Waals surface area contributed by atoms with Gasteiger partial charge >= 0.3 is 0 Å². The molecule has 128 valence electrons. The van der Waals surface area contributed by atoms with Crippen molar-refractivity contribution in [3.8, 4) is 11.1 Å². The molecular formula is C23H24O2. The topological polar surface area (TPSA) is 18.5 Å². The van der Waals surface area contributed by atoms with Gasteiger partial charge in [-0.05, 0) is 48.1 Å². The van der Waals surface area contributed by atoms with Gasteiger partial charge in [-0.1, -0.05) is 62.4 Å². The fourth-order valence-corrected chi connectivity index (χ4v) is 6.33. The number of ether oxygens (including phenoxy) is 2. The van der Waals surface area contributed by atoms with Gasteiger partial charge in [0, 0.05) is 11.1 Å². The average Bonchev–Trinajstić information content (AvgIpc) is 3.08. The van der Waals surface area contributed by atoms with Crippen LogP contribution in [-0.4, -0.2) is 11.7 Å². The minimum Gasteiger partial charge on any atom is -0.336 e. The first kappa shape index (κ1) is 14.5. The summed E-state index contributed by atoms with van der Waals surface area (Å²) in [6.07, 6.45) is 2.58. The second-order valence-electron chi connectivity index (χ2n) is 9.14. The maximum Gasteiger partial charge on any atom is 0.224 e. The number of benzene rings is 2. The third kappa shape index (κ3) is 1.47. The molecule has 4 aliphatic carbocycles. The van der Waals surface area contributed by atoms with Crippen molar-refractivity contribution in [3.63, 3.8) is 0 Å². The Balaban J connectivity index is 1.56. The molecule has 2 aromatic carbocycles. The number of fused-ring (bicyclic) bond motifs is 5. The van der Waals surface area contributed by atoms with Crippen LogP contribution in [0.25, 0.3) is 11.1 Å². The highest BCUT2D eigenvalue weighted by Crippen LogP contribution is 2.70. The van der Waals surface area contributed by atoms with E-state index in [0.717, 1.165) is 12.3 Å². The summed E-state index contributed by atoms with van der Waals surface area (Å²) in [7, 11) is 0. The van der Waals surface area contributed by atoms with E-state index in [2.05, 4.69) is 69.3 Å². The SMILES string of the molecule is CC1(C)[C@H]2C[C@@H]3OC4(O[C@]3(C)[C@@H]1C2)c1ccccc1-c1ccccc14. The maximum atomic E-state index is 7.02. The van der Waals surface area contributed by atoms with Gasteiger partial charge in [0.15, 0.2) is 0 Å². The Morgan fingerprint density at radius 2 is 1.44 bits per heavy atom. The van der Waals surface area contributed by atoms with Gasteiger partial charge in [0.25, 0.3) is 0 Å². The van der Waals surface area contributed by atoms with Crippen LogP contribution in [0, 0.1) is 17.3 Å². The standard InChI is InChI=1S/C23H24O2/c1-21(2)14-12-19(21)22(3)20(13-14)24-23(25-22)17-10-6-4-8-15(17)16-9-5-7-11-18(16)23/h4-11,14,19-20H,12-13H2,1-3H3/t14-,19-,20+,22-/m1/s1. The molecule has 5 aliphatic rings. The van der Waals surface area contributed by atoms with Crippen molar-refractivity contribution in [2.45, 2.75) is 51.1 Å². The van der Waals surface area contributed by atoms with Gasteiger partial charge in [-0.25, -0.2) is 0 Å². The summed E-state index contributed by atoms with van der Waals surface area (Å²) in [5.74, 6) is 0.615. The van der Waals surface area contributed by atoms with E-state index < -0.39 is 5.79 Å². The fraction of sp³-hybridized carbons (Fsp3) is 0.478. The second kappa shape index (κ2) is 4.19. The lowest BCUT2D eigenvalue weighted by Crippen LogP contribution is -2.65. The second-order valence-corrected chi connectivity index (χ2v) is 9.14. The van der Waals surface area contributed by atoms with Crippen molar-refractivity contribution < 1.29 is 9.47 Å². The first-order chi connectivity index (χ1) is 12.0. The molecule has 25 heavy (non-hydrogen) atoms. The Hall–Kier alpha value is -1.64. The van der Waals surface area contributed by atoms with E-state index in [4.69, 9.17) is 9.47 Å². The van der Waals surface area contributed by atoms with Crippen molar-refractivity contribution >= 4 is 0 Å². The van der Waals surface area contributed by atoms with Crippen LogP contribution in [-0.2, 0) is 15.3 Å². The van der Waals surface area contributed by atoms with Crippen LogP contribution in [0.1, 0.15) is 44.7 Å². The number of rotatable bonds is 0. The van der Waals surface area contributed by atoms with Gasteiger partial charge in [0.1, 0.15) is 0 Å². The van der Waals surface area contributed by atoms with Crippen LogP contribution < -0.4 is 0 Å². The summed E-state index contributed by atoms with van der Waals surface area (Å²) in [6.45, 7) is 7.13. The van der Waals surface area contributed by atoms with Crippen LogP contribution in [0.2, 0.25) is 0 Å². The quantitative estimate of drug-likeness (QED) is 0.667. The molecule has 0 amide bonds. The molecule has 0 N–H and O–H groups in total. The summed E-state index contributed by atoms with van der Waals surface area (Å²) in [6, 6.07) is 17.2. The van der Waals surface area contributed by atoms with Crippen LogP contribution in [0.15, 0.2) is 48.5 Å². The highest BCUT2D eigenvalue weighted by atomic mass is 16.8. The van der Waals surface area contributed by atoms with Crippen molar-refractivity contribution in [2.24, 2.45) is 17.3 Å². The molecule has 3 saturated carbocycles. The van der Waals surface area contributed by atoms with E-state index in [1.807, 2.05) is 0 Å². The molecule has 2 bridgehead atoms. The van der Waals surface area contributed by atoms with E-state index in [9.17, 15) is 0 Å². The first-order valence-corrected chi connectivity index (χ1v) is 9.54. The van der Waals surface area contributed by atoms with Gasteiger partial charge in [-0.15, -0.1) is 0 Å².